The van der Waals surface area contributed by atoms with Crippen molar-refractivity contribution in [3.8, 4) is 0 Å². The van der Waals surface area contributed by atoms with Crippen LogP contribution in [-0.4, -0.2) is 38.2 Å². The van der Waals surface area contributed by atoms with Gasteiger partial charge in [-0.3, -0.25) is 0 Å². The van der Waals surface area contributed by atoms with Gasteiger partial charge < -0.3 is 10.5 Å². The normalized spacial score (nSPS) is 11.8. The van der Waals surface area contributed by atoms with E-state index in [2.05, 4.69) is 0 Å². The molecule has 0 aliphatic heterocycles. The molecule has 0 saturated heterocycles. The lowest BCUT2D eigenvalue weighted by atomic mass is 10.2. The Morgan fingerprint density at radius 1 is 0.833 bits per heavy atom. The van der Waals surface area contributed by atoms with Crippen LogP contribution in [0.1, 0.15) is 11.1 Å². The number of nitrogens with zero attached hydrogens (tertiary/aromatic N) is 1. The van der Waals surface area contributed by atoms with Crippen LogP contribution in [0.3, 0.4) is 0 Å². The highest BCUT2D eigenvalue weighted by molar-refractivity contribution is 7.89. The third-order valence-corrected chi connectivity index (χ3v) is 5.27. The summed E-state index contributed by atoms with van der Waals surface area (Å²) in [6, 6.07) is 19.2. The Hall–Kier alpha value is -1.73. The predicted octanol–water partition coefficient (Wildman–Crippen LogP) is 1.99. The molecule has 0 aromatic heterocycles. The number of hydrogen-bond donors (Lipinski definition) is 1. The molecule has 0 aliphatic rings. The van der Waals surface area contributed by atoms with E-state index in [9.17, 15) is 8.42 Å². The summed E-state index contributed by atoms with van der Waals surface area (Å²) in [5.74, 6) is -0.0489. The van der Waals surface area contributed by atoms with Crippen molar-refractivity contribution < 1.29 is 13.2 Å². The zero-order valence-electron chi connectivity index (χ0n) is 13.7. The van der Waals surface area contributed by atoms with Crippen molar-refractivity contribution in [1.82, 2.24) is 4.31 Å². The second-order valence-electron chi connectivity index (χ2n) is 5.46. The molecule has 2 aromatic rings. The molecule has 5 nitrogen and oxygen atoms in total. The first kappa shape index (κ1) is 18.6. The van der Waals surface area contributed by atoms with Crippen molar-refractivity contribution in [1.29, 1.82) is 0 Å². The largest absolute Gasteiger partial charge is 0.379 e. The fourth-order valence-electron chi connectivity index (χ4n) is 2.31. The number of ether oxygens (including phenoxy) is 1. The maximum Gasteiger partial charge on any atom is 0.216 e. The van der Waals surface area contributed by atoms with Gasteiger partial charge in [-0.1, -0.05) is 60.7 Å². The van der Waals surface area contributed by atoms with Crippen molar-refractivity contribution >= 4 is 10.0 Å². The van der Waals surface area contributed by atoms with E-state index in [0.717, 1.165) is 11.1 Å². The Balaban J connectivity index is 2.12. The molecule has 2 N–H and O–H groups in total. The number of hydrogen-bond acceptors (Lipinski definition) is 4. The standard InChI is InChI=1S/C18H24N2O3S/c19-11-12-23-13-14-24(21,22)20(15-17-7-3-1-4-8-17)16-18-9-5-2-6-10-18/h1-10H,11-16,19H2. The summed E-state index contributed by atoms with van der Waals surface area (Å²) in [7, 11) is -3.43. The smallest absolute Gasteiger partial charge is 0.216 e. The lowest BCUT2D eigenvalue weighted by molar-refractivity contribution is 0.156. The number of rotatable bonds is 10. The van der Waals surface area contributed by atoms with Gasteiger partial charge in [0.05, 0.1) is 19.0 Å². The van der Waals surface area contributed by atoms with Gasteiger partial charge in [-0.05, 0) is 11.1 Å². The van der Waals surface area contributed by atoms with E-state index in [-0.39, 0.29) is 12.4 Å². The molecule has 0 amide bonds. The van der Waals surface area contributed by atoms with Gasteiger partial charge in [-0.15, -0.1) is 0 Å². The first-order valence-electron chi connectivity index (χ1n) is 7.95. The molecule has 0 bridgehead atoms. The highest BCUT2D eigenvalue weighted by atomic mass is 32.2. The molecule has 0 spiro atoms. The van der Waals surface area contributed by atoms with Gasteiger partial charge in [0.2, 0.25) is 10.0 Å². The van der Waals surface area contributed by atoms with Crippen molar-refractivity contribution in [3.05, 3.63) is 71.8 Å². The molecule has 6 heteroatoms. The summed E-state index contributed by atoms with van der Waals surface area (Å²) in [6.45, 7) is 1.59. The monoisotopic (exact) mass is 348 g/mol. The SMILES string of the molecule is NCCOCCS(=O)(=O)N(Cc1ccccc1)Cc1ccccc1. The predicted molar refractivity (Wildman–Crippen MR) is 95.8 cm³/mol. The molecule has 0 heterocycles. The highest BCUT2D eigenvalue weighted by Gasteiger charge is 2.22. The molecule has 0 saturated carbocycles. The van der Waals surface area contributed by atoms with E-state index >= 15 is 0 Å². The number of sulfonamides is 1. The molecule has 0 fully saturated rings. The summed E-state index contributed by atoms with van der Waals surface area (Å²) in [4.78, 5) is 0. The topological polar surface area (TPSA) is 72.6 Å². The molecule has 0 aliphatic carbocycles. The molecule has 0 atom stereocenters. The zero-order valence-corrected chi connectivity index (χ0v) is 14.5. The fourth-order valence-corrected chi connectivity index (χ4v) is 3.58. The Bertz CT molecular complexity index is 649. The summed E-state index contributed by atoms with van der Waals surface area (Å²) in [6.07, 6.45) is 0. The van der Waals surface area contributed by atoms with Crippen LogP contribution in [0.15, 0.2) is 60.7 Å². The van der Waals surface area contributed by atoms with Gasteiger partial charge in [0.15, 0.2) is 0 Å². The minimum atomic E-state index is -3.43. The first-order chi connectivity index (χ1) is 11.6. The maximum atomic E-state index is 12.7. The molecular weight excluding hydrogens is 324 g/mol. The van der Waals surface area contributed by atoms with Gasteiger partial charge in [0.1, 0.15) is 0 Å². The summed E-state index contributed by atoms with van der Waals surface area (Å²) >= 11 is 0. The Kier molecular flexibility index (Phi) is 7.39. The van der Waals surface area contributed by atoms with E-state index < -0.39 is 10.0 Å². The molecule has 2 rings (SSSR count). The number of benzene rings is 2. The van der Waals surface area contributed by atoms with Gasteiger partial charge in [0, 0.05) is 19.6 Å². The fraction of sp³-hybridized carbons (Fsp3) is 0.333. The number of nitrogens with two attached hydrogens (primary N) is 1. The second kappa shape index (κ2) is 9.54. The molecule has 24 heavy (non-hydrogen) atoms. The average Bonchev–Trinajstić information content (AvgIpc) is 2.60. The van der Waals surface area contributed by atoms with Crippen molar-refractivity contribution in [2.24, 2.45) is 5.73 Å². The third kappa shape index (κ3) is 6.05. The van der Waals surface area contributed by atoms with Crippen LogP contribution in [0, 0.1) is 0 Å². The molecular formula is C18H24N2O3S. The Morgan fingerprint density at radius 3 is 1.79 bits per heavy atom. The third-order valence-electron chi connectivity index (χ3n) is 3.54. The lowest BCUT2D eigenvalue weighted by Crippen LogP contribution is -2.33. The van der Waals surface area contributed by atoms with Gasteiger partial charge in [-0.2, -0.15) is 4.31 Å². The van der Waals surface area contributed by atoms with Crippen LogP contribution in [0.2, 0.25) is 0 Å². The molecule has 2 aromatic carbocycles. The van der Waals surface area contributed by atoms with Crippen molar-refractivity contribution in [2.45, 2.75) is 13.1 Å². The van der Waals surface area contributed by atoms with Gasteiger partial charge >= 0.3 is 0 Å². The summed E-state index contributed by atoms with van der Waals surface area (Å²) < 4.78 is 32.2. The molecule has 0 unspecified atom stereocenters. The minimum Gasteiger partial charge on any atom is -0.379 e. The minimum absolute atomic E-state index is 0.0489. The molecule has 0 radical (unpaired) electrons. The van der Waals surface area contributed by atoms with E-state index in [1.807, 2.05) is 60.7 Å². The average molecular weight is 348 g/mol. The van der Waals surface area contributed by atoms with E-state index in [1.54, 1.807) is 0 Å². The van der Waals surface area contributed by atoms with Gasteiger partial charge in [-0.25, -0.2) is 8.42 Å². The van der Waals surface area contributed by atoms with E-state index in [4.69, 9.17) is 10.5 Å². The first-order valence-corrected chi connectivity index (χ1v) is 9.56. The Morgan fingerprint density at radius 2 is 1.33 bits per heavy atom. The maximum absolute atomic E-state index is 12.7. The van der Waals surface area contributed by atoms with E-state index in [1.165, 1.54) is 4.31 Å². The highest BCUT2D eigenvalue weighted by Crippen LogP contribution is 2.15. The van der Waals surface area contributed by atoms with Crippen LogP contribution in [0.4, 0.5) is 0 Å². The van der Waals surface area contributed by atoms with Crippen LogP contribution >= 0.6 is 0 Å². The Labute approximate surface area is 144 Å². The molecule has 130 valence electrons. The lowest BCUT2D eigenvalue weighted by Gasteiger charge is -2.22. The zero-order chi connectivity index (χ0) is 17.3. The van der Waals surface area contributed by atoms with E-state index in [0.29, 0.717) is 26.2 Å². The van der Waals surface area contributed by atoms with Gasteiger partial charge in [0.25, 0.3) is 0 Å². The van der Waals surface area contributed by atoms with Crippen LogP contribution in [0.25, 0.3) is 0 Å². The van der Waals surface area contributed by atoms with Crippen LogP contribution < -0.4 is 5.73 Å². The second-order valence-corrected chi connectivity index (χ2v) is 7.54. The summed E-state index contributed by atoms with van der Waals surface area (Å²) in [5.41, 5.74) is 7.27. The van der Waals surface area contributed by atoms with Crippen molar-refractivity contribution in [3.63, 3.8) is 0 Å². The van der Waals surface area contributed by atoms with Crippen molar-refractivity contribution in [2.75, 3.05) is 25.5 Å². The quantitative estimate of drug-likeness (QED) is 0.667. The summed E-state index contributed by atoms with van der Waals surface area (Å²) in [5, 5.41) is 0. The van der Waals surface area contributed by atoms with Crippen LogP contribution in [0.5, 0.6) is 0 Å². The van der Waals surface area contributed by atoms with Crippen LogP contribution in [-0.2, 0) is 27.8 Å².